The van der Waals surface area contributed by atoms with Crippen LogP contribution in [0.1, 0.15) is 26.7 Å². The summed E-state index contributed by atoms with van der Waals surface area (Å²) in [6, 6.07) is 0. The Morgan fingerprint density at radius 2 is 0.898 bits per heavy atom. The van der Waals surface area contributed by atoms with Gasteiger partial charge in [0, 0.05) is 47.7 Å². The number of hydrogen-bond donors (Lipinski definition) is 2. The molecule has 0 spiro atoms. The summed E-state index contributed by atoms with van der Waals surface area (Å²) in [5, 5.41) is 22.3. The Labute approximate surface area is 314 Å². The number of rotatable bonds is 29. The first-order valence-corrected chi connectivity index (χ1v) is 38.9. The number of aliphatic hydroxyl groups excluding tert-OH is 2. The molecule has 10 nitrogen and oxygen atoms in total. The molecule has 0 saturated carbocycles. The van der Waals surface area contributed by atoms with Crippen LogP contribution in [0.5, 0.6) is 0 Å². The first-order valence-electron chi connectivity index (χ1n) is 18.4. The lowest BCUT2D eigenvalue weighted by molar-refractivity contribution is -0.130. The monoisotopic (exact) mass is 831 g/mol. The molecule has 0 saturated heterocycles. The fourth-order valence-electron chi connectivity index (χ4n) is 5.17. The Balaban J connectivity index is 5.61. The molecule has 2 unspecified atom stereocenters. The average molecular weight is 833 g/mol. The zero-order valence-corrected chi connectivity index (χ0v) is 43.7. The molecule has 0 bridgehead atoms. The summed E-state index contributed by atoms with van der Waals surface area (Å²) < 4.78 is 38.3. The van der Waals surface area contributed by atoms with Crippen LogP contribution in [0.25, 0.3) is 0 Å². The van der Waals surface area contributed by atoms with Crippen molar-refractivity contribution in [2.24, 2.45) is 0 Å². The van der Waals surface area contributed by atoms with Gasteiger partial charge in [0.1, 0.15) is 0 Å². The van der Waals surface area contributed by atoms with E-state index >= 15 is 0 Å². The molecule has 0 rings (SSSR count). The van der Waals surface area contributed by atoms with Crippen molar-refractivity contribution >= 4 is 77.3 Å². The number of ether oxygens (including phenoxy) is 2. The van der Waals surface area contributed by atoms with E-state index in [1.165, 1.54) is 11.0 Å². The third-order valence-electron chi connectivity index (χ3n) is 8.17. The van der Waals surface area contributed by atoms with Crippen molar-refractivity contribution in [1.82, 2.24) is 4.90 Å². The van der Waals surface area contributed by atoms with Gasteiger partial charge in [-0.15, -0.1) is 0 Å². The van der Waals surface area contributed by atoms with Gasteiger partial charge in [-0.25, -0.2) is 0 Å². The van der Waals surface area contributed by atoms with Crippen LogP contribution in [0.15, 0.2) is 12.7 Å². The molecule has 0 heterocycles. The van der Waals surface area contributed by atoms with Gasteiger partial charge in [0.05, 0.1) is 63.5 Å². The van der Waals surface area contributed by atoms with E-state index in [1.807, 2.05) is 0 Å². The fourth-order valence-corrected chi connectivity index (χ4v) is 24.3. The average Bonchev–Trinajstić information content (AvgIpc) is 2.94. The van der Waals surface area contributed by atoms with Crippen molar-refractivity contribution in [3.8, 4) is 0 Å². The van der Waals surface area contributed by atoms with Gasteiger partial charge in [-0.1, -0.05) is 20.4 Å². The molecular formula is C31H77NO9Si8. The van der Waals surface area contributed by atoms with Crippen LogP contribution in [0.3, 0.4) is 0 Å². The van der Waals surface area contributed by atoms with E-state index < -0.39 is 83.6 Å². The van der Waals surface area contributed by atoms with Crippen molar-refractivity contribution in [2.45, 2.75) is 127 Å². The van der Waals surface area contributed by atoms with Gasteiger partial charge in [0.2, 0.25) is 5.91 Å². The second kappa shape index (κ2) is 22.8. The highest BCUT2D eigenvalue weighted by Gasteiger charge is 2.35. The summed E-state index contributed by atoms with van der Waals surface area (Å²) in [5.74, 6) is -0.340. The van der Waals surface area contributed by atoms with Crippen molar-refractivity contribution in [3.05, 3.63) is 12.7 Å². The molecular weight excluding hydrogens is 755 g/mol. The normalized spacial score (nSPS) is 17.9. The Bertz CT molecular complexity index is 836. The van der Waals surface area contributed by atoms with Gasteiger partial charge in [-0.2, -0.15) is 0 Å². The number of hydrogen-bond acceptors (Lipinski definition) is 9. The summed E-state index contributed by atoms with van der Waals surface area (Å²) in [6.07, 6.45) is 4.17. The predicted octanol–water partition coefficient (Wildman–Crippen LogP) is 1.79. The molecule has 292 valence electrons. The molecule has 2 atom stereocenters. The van der Waals surface area contributed by atoms with Crippen LogP contribution >= 0.6 is 0 Å². The molecule has 18 heteroatoms. The summed E-state index contributed by atoms with van der Waals surface area (Å²) in [6.45, 7) is 34.7. The van der Waals surface area contributed by atoms with Crippen LogP contribution in [-0.2, 0) is 32.0 Å². The first-order chi connectivity index (χ1) is 22.3. The van der Waals surface area contributed by atoms with Gasteiger partial charge in [-0.05, 0) is 97.5 Å². The maximum atomic E-state index is 12.9. The number of carbonyl (C=O) groups is 1. The smallest absolute Gasteiger partial charge is 0.246 e. The molecule has 0 aromatic heterocycles. The predicted molar refractivity (Wildman–Crippen MR) is 228 cm³/mol. The van der Waals surface area contributed by atoms with E-state index in [0.717, 1.165) is 37.8 Å². The molecule has 2 N–H and O–H groups in total. The standard InChI is InChI=1S/C31H77NO9Si8/c1-16-29(35)32(19-27(33)21-36-30(17-2,42-23-38-46(4,5)6)43-24-39-47(7,8)9)20-28(34)22-37-31(18-3,44-25-40-48(10,11)12)45-26-41-49(13,14)15/h16,27-28,33-34H,1,17-26,42-45H2,2-15H3. The minimum Gasteiger partial charge on any atom is -0.421 e. The minimum atomic E-state index is -1.65. The van der Waals surface area contributed by atoms with Crippen molar-refractivity contribution < 1.29 is 42.2 Å². The third kappa shape index (κ3) is 25.3. The van der Waals surface area contributed by atoms with Gasteiger partial charge in [0.15, 0.2) is 33.3 Å². The van der Waals surface area contributed by atoms with Crippen LogP contribution in [0, 0.1) is 0 Å². The topological polar surface area (TPSA) is 116 Å². The highest BCUT2D eigenvalue weighted by atomic mass is 28.4. The zero-order chi connectivity index (χ0) is 38.2. The van der Waals surface area contributed by atoms with Crippen molar-refractivity contribution in [2.75, 3.05) is 51.2 Å². The number of amides is 1. The SMILES string of the molecule is C=CC(=O)N(CC(O)COC(CC)([SiH2]CO[Si](C)(C)C)[SiH2]CO[Si](C)(C)C)CC(O)COC(CC)([SiH2]CO[Si](C)(C)C)[SiH2]CO[Si](C)(C)C. The van der Waals surface area contributed by atoms with Gasteiger partial charge in [0.25, 0.3) is 0 Å². The molecule has 49 heavy (non-hydrogen) atoms. The highest BCUT2D eigenvalue weighted by molar-refractivity contribution is 6.72. The Hall–Kier alpha value is 0.625. The minimum absolute atomic E-state index is 0.0398. The highest BCUT2D eigenvalue weighted by Crippen LogP contribution is 2.19. The number of carbonyl (C=O) groups excluding carboxylic acids is 1. The Kier molecular flexibility index (Phi) is 23.0. The molecule has 0 radical (unpaired) electrons. The molecule has 0 aromatic carbocycles. The Morgan fingerprint density at radius 3 is 1.10 bits per heavy atom. The molecule has 0 aliphatic carbocycles. The quantitative estimate of drug-likeness (QED) is 0.0861. The van der Waals surface area contributed by atoms with Crippen molar-refractivity contribution in [1.29, 1.82) is 0 Å². The van der Waals surface area contributed by atoms with Crippen LogP contribution in [-0.4, -0.2) is 165 Å². The summed E-state index contributed by atoms with van der Waals surface area (Å²) in [7, 11) is -9.69. The van der Waals surface area contributed by atoms with Crippen LogP contribution in [0.4, 0.5) is 0 Å². The molecule has 1 amide bonds. The lowest BCUT2D eigenvalue weighted by atomic mass is 10.2. The third-order valence-corrected chi connectivity index (χ3v) is 26.4. The van der Waals surface area contributed by atoms with Gasteiger partial charge in [-0.3, -0.25) is 4.79 Å². The molecule has 0 aliphatic heterocycles. The molecule has 0 aromatic rings. The van der Waals surface area contributed by atoms with Gasteiger partial charge >= 0.3 is 0 Å². The molecule has 0 aliphatic rings. The van der Waals surface area contributed by atoms with Gasteiger partial charge < -0.3 is 42.3 Å². The number of nitrogens with zero attached hydrogens (tertiary/aromatic N) is 1. The summed E-state index contributed by atoms with van der Waals surface area (Å²) in [5.41, 5.74) is 0. The summed E-state index contributed by atoms with van der Waals surface area (Å²) >= 11 is 0. The number of aliphatic hydroxyl groups is 2. The summed E-state index contributed by atoms with van der Waals surface area (Å²) in [4.78, 5) is 13.9. The van der Waals surface area contributed by atoms with E-state index in [0.29, 0.717) is 0 Å². The van der Waals surface area contributed by atoms with E-state index in [2.05, 4.69) is 99.0 Å². The maximum absolute atomic E-state index is 12.9. The molecule has 0 fully saturated rings. The largest absolute Gasteiger partial charge is 0.421 e. The van der Waals surface area contributed by atoms with Crippen LogP contribution in [0.2, 0.25) is 78.6 Å². The van der Waals surface area contributed by atoms with Crippen molar-refractivity contribution in [3.63, 3.8) is 0 Å². The van der Waals surface area contributed by atoms with E-state index in [4.69, 9.17) is 27.2 Å². The lowest BCUT2D eigenvalue weighted by Gasteiger charge is -2.36. The second-order valence-corrected chi connectivity index (χ2v) is 46.1. The van der Waals surface area contributed by atoms with E-state index in [-0.39, 0.29) is 41.9 Å². The first kappa shape index (κ1) is 49.6. The maximum Gasteiger partial charge on any atom is 0.246 e. The zero-order valence-electron chi connectivity index (χ0n) is 34.0. The fraction of sp³-hybridized carbons (Fsp3) is 0.903. The van der Waals surface area contributed by atoms with E-state index in [9.17, 15) is 15.0 Å². The lowest BCUT2D eigenvalue weighted by Crippen LogP contribution is -2.53. The second-order valence-electron chi connectivity index (χ2n) is 17.3. The van der Waals surface area contributed by atoms with Crippen LogP contribution < -0.4 is 0 Å². The van der Waals surface area contributed by atoms with E-state index in [1.54, 1.807) is 0 Å². The Morgan fingerprint density at radius 1 is 0.633 bits per heavy atom.